The third-order valence-corrected chi connectivity index (χ3v) is 9.68. The molecule has 0 saturated carbocycles. The Balaban J connectivity index is 1.59. The monoisotopic (exact) mass is 604 g/mol. The van der Waals surface area contributed by atoms with Crippen LogP contribution < -0.4 is 9.80 Å². The Bertz CT molecular complexity index is 1640. The van der Waals surface area contributed by atoms with Crippen LogP contribution in [0.15, 0.2) is 134 Å². The molecule has 0 aliphatic rings. The van der Waals surface area contributed by atoms with Crippen molar-refractivity contribution in [3.8, 4) is 0 Å². The van der Waals surface area contributed by atoms with E-state index < -0.39 is 0 Å². The lowest BCUT2D eigenvalue weighted by Gasteiger charge is -2.30. The molecule has 0 aliphatic heterocycles. The zero-order valence-corrected chi connectivity index (χ0v) is 28.4. The van der Waals surface area contributed by atoms with E-state index in [1.165, 1.54) is 11.1 Å². The normalized spacial score (nSPS) is 11.6. The van der Waals surface area contributed by atoms with Crippen LogP contribution in [0.2, 0.25) is 0 Å². The fraction of sp³-hybridized carbons (Fsp3) is 0.227. The van der Waals surface area contributed by atoms with Crippen LogP contribution in [0.3, 0.4) is 0 Å². The fourth-order valence-electron chi connectivity index (χ4n) is 5.76. The molecule has 0 fully saturated rings. The molecule has 46 heavy (non-hydrogen) atoms. The van der Waals surface area contributed by atoms with Crippen molar-refractivity contribution in [2.75, 3.05) is 9.80 Å². The van der Waals surface area contributed by atoms with Crippen LogP contribution in [-0.4, -0.2) is 0 Å². The summed E-state index contributed by atoms with van der Waals surface area (Å²) < 4.78 is 0. The molecule has 0 aromatic heterocycles. The first-order valence-electron chi connectivity index (χ1n) is 16.5. The molecular formula is C44H48N2. The second-order valence-electron chi connectivity index (χ2n) is 13.4. The Kier molecular flexibility index (Phi) is 9.68. The smallest absolute Gasteiger partial charge is 0.0467 e. The van der Waals surface area contributed by atoms with Crippen LogP contribution in [0, 0.1) is 0 Å². The van der Waals surface area contributed by atoms with Gasteiger partial charge in [-0.3, -0.25) is 0 Å². The molecule has 2 nitrogen and oxygen atoms in total. The van der Waals surface area contributed by atoms with Crippen molar-refractivity contribution in [1.29, 1.82) is 0 Å². The zero-order chi connectivity index (χ0) is 32.9. The van der Waals surface area contributed by atoms with Gasteiger partial charge in [0.2, 0.25) is 0 Å². The van der Waals surface area contributed by atoms with Crippen molar-refractivity contribution in [2.45, 2.75) is 65.2 Å². The van der Waals surface area contributed by atoms with Gasteiger partial charge >= 0.3 is 0 Å². The Labute approximate surface area is 277 Å². The Morgan fingerprint density at radius 3 is 1.04 bits per heavy atom. The van der Waals surface area contributed by atoms with Crippen LogP contribution in [0.4, 0.5) is 34.1 Å². The molecular weight excluding hydrogens is 556 g/mol. The molecule has 5 aromatic rings. The molecule has 0 N–H and O–H groups in total. The van der Waals surface area contributed by atoms with Crippen molar-refractivity contribution < 1.29 is 0 Å². The number of hydrogen-bond donors (Lipinski definition) is 0. The number of anilines is 6. The Morgan fingerprint density at radius 2 is 0.761 bits per heavy atom. The first-order valence-corrected chi connectivity index (χ1v) is 16.5. The highest BCUT2D eigenvalue weighted by Crippen LogP contribution is 2.41. The van der Waals surface area contributed by atoms with Crippen molar-refractivity contribution in [3.63, 3.8) is 0 Å². The summed E-state index contributed by atoms with van der Waals surface area (Å²) in [7, 11) is 0. The van der Waals surface area contributed by atoms with E-state index >= 15 is 0 Å². The molecule has 0 aliphatic carbocycles. The van der Waals surface area contributed by atoms with Gasteiger partial charge in [-0.05, 0) is 119 Å². The third kappa shape index (κ3) is 6.87. The third-order valence-electron chi connectivity index (χ3n) is 9.68. The first-order chi connectivity index (χ1) is 22.1. The van der Waals surface area contributed by atoms with E-state index in [1.807, 2.05) is 12.2 Å². The molecule has 0 spiro atoms. The topological polar surface area (TPSA) is 6.48 Å². The lowest BCUT2D eigenvalue weighted by atomic mass is 9.82. The van der Waals surface area contributed by atoms with Gasteiger partial charge in [-0.15, -0.1) is 0 Å². The van der Waals surface area contributed by atoms with E-state index in [2.05, 4.69) is 186 Å². The van der Waals surface area contributed by atoms with E-state index in [4.69, 9.17) is 0 Å². The van der Waals surface area contributed by atoms with Crippen LogP contribution in [0.5, 0.6) is 0 Å². The van der Waals surface area contributed by atoms with E-state index in [0.29, 0.717) is 0 Å². The minimum absolute atomic E-state index is 0.130. The van der Waals surface area contributed by atoms with Gasteiger partial charge < -0.3 is 9.80 Å². The first kappa shape index (κ1) is 32.6. The maximum absolute atomic E-state index is 4.02. The van der Waals surface area contributed by atoms with Gasteiger partial charge in [0.25, 0.3) is 0 Å². The molecule has 5 rings (SSSR count). The second kappa shape index (κ2) is 13.7. The van der Waals surface area contributed by atoms with E-state index in [9.17, 15) is 0 Å². The lowest BCUT2D eigenvalue weighted by Crippen LogP contribution is -2.16. The number of hydrogen-bond acceptors (Lipinski definition) is 2. The highest BCUT2D eigenvalue weighted by Gasteiger charge is 2.21. The number of nitrogens with zero attached hydrogens (tertiary/aromatic N) is 2. The second-order valence-corrected chi connectivity index (χ2v) is 13.4. The van der Waals surface area contributed by atoms with Gasteiger partial charge in [-0.2, -0.15) is 0 Å². The van der Waals surface area contributed by atoms with E-state index in [1.54, 1.807) is 0 Å². The maximum Gasteiger partial charge on any atom is 0.0467 e. The number of rotatable bonds is 12. The van der Waals surface area contributed by atoms with Gasteiger partial charge in [0.05, 0.1) is 0 Å². The fourth-order valence-corrected chi connectivity index (χ4v) is 5.76. The van der Waals surface area contributed by atoms with Crippen LogP contribution >= 0.6 is 0 Å². The van der Waals surface area contributed by atoms with Crippen molar-refractivity contribution in [1.82, 2.24) is 0 Å². The molecule has 2 heteroatoms. The van der Waals surface area contributed by atoms with Crippen LogP contribution in [0.1, 0.15) is 76.6 Å². The Hall–Kier alpha value is -4.82. The SMILES string of the molecule is C=Cc1cccc(N(c2ccc(N(c3ccc(C(C)(C)CC)cc3)c3cccc(C=C)c3)cc2)c2ccc(C(C)(C)CC)cc2)c1. The van der Waals surface area contributed by atoms with E-state index in [0.717, 1.165) is 58.1 Å². The summed E-state index contributed by atoms with van der Waals surface area (Å²) in [6.45, 7) is 21.8. The average Bonchev–Trinajstić information content (AvgIpc) is 3.10. The molecule has 5 aromatic carbocycles. The summed E-state index contributed by atoms with van der Waals surface area (Å²) >= 11 is 0. The quantitative estimate of drug-likeness (QED) is 0.140. The average molecular weight is 605 g/mol. The largest absolute Gasteiger partial charge is 0.310 e. The summed E-state index contributed by atoms with van der Waals surface area (Å²) in [5, 5.41) is 0. The maximum atomic E-state index is 4.02. The van der Waals surface area contributed by atoms with Crippen LogP contribution in [0.25, 0.3) is 12.2 Å². The highest BCUT2D eigenvalue weighted by molar-refractivity contribution is 5.82. The molecule has 0 amide bonds. The lowest BCUT2D eigenvalue weighted by molar-refractivity contribution is 0.506. The molecule has 0 bridgehead atoms. The van der Waals surface area contributed by atoms with Gasteiger partial charge in [0, 0.05) is 34.1 Å². The summed E-state index contributed by atoms with van der Waals surface area (Å²) in [6, 6.07) is 44.0. The van der Waals surface area contributed by atoms with Gasteiger partial charge in [0.1, 0.15) is 0 Å². The van der Waals surface area contributed by atoms with Crippen LogP contribution in [-0.2, 0) is 10.8 Å². The summed E-state index contributed by atoms with van der Waals surface area (Å²) in [4.78, 5) is 4.65. The molecule has 234 valence electrons. The van der Waals surface area contributed by atoms with Crippen molar-refractivity contribution in [3.05, 3.63) is 157 Å². The molecule has 0 atom stereocenters. The minimum Gasteiger partial charge on any atom is -0.310 e. The van der Waals surface area contributed by atoms with Gasteiger partial charge in [-0.1, -0.05) is 115 Å². The van der Waals surface area contributed by atoms with Gasteiger partial charge in [-0.25, -0.2) is 0 Å². The minimum atomic E-state index is 0.130. The van der Waals surface area contributed by atoms with Crippen molar-refractivity contribution >= 4 is 46.3 Å². The standard InChI is InChI=1S/C44H48N2/c1-9-33-15-13-17-41(31-33)45(37-23-19-35(20-24-37)43(5,6)11-3)39-27-29-40(30-28-39)46(42-18-14-16-34(10-2)32-42)38-25-21-36(22-26-38)44(7,8)12-4/h9-10,13-32H,1-2,11-12H2,3-8H3. The number of benzene rings is 5. The molecule has 0 unspecified atom stereocenters. The highest BCUT2D eigenvalue weighted by atomic mass is 15.2. The summed E-state index contributed by atoms with van der Waals surface area (Å²) in [5.74, 6) is 0. The predicted octanol–water partition coefficient (Wildman–Crippen LogP) is 13.3. The van der Waals surface area contributed by atoms with E-state index in [-0.39, 0.29) is 10.8 Å². The predicted molar refractivity (Wildman–Crippen MR) is 203 cm³/mol. The van der Waals surface area contributed by atoms with Crippen molar-refractivity contribution in [2.24, 2.45) is 0 Å². The zero-order valence-electron chi connectivity index (χ0n) is 28.4. The molecule has 0 heterocycles. The summed E-state index contributed by atoms with van der Waals surface area (Å²) in [5.41, 5.74) is 11.7. The van der Waals surface area contributed by atoms with Gasteiger partial charge in [0.15, 0.2) is 0 Å². The molecule has 0 saturated heterocycles. The molecule has 0 radical (unpaired) electrons. The Morgan fingerprint density at radius 1 is 0.457 bits per heavy atom. The summed E-state index contributed by atoms with van der Waals surface area (Å²) in [6.07, 6.45) is 5.98.